The molecule has 0 aliphatic rings. The van der Waals surface area contributed by atoms with Gasteiger partial charge in [0.1, 0.15) is 5.82 Å². The molecule has 1 aromatic rings. The molecule has 0 bridgehead atoms. The predicted octanol–water partition coefficient (Wildman–Crippen LogP) is 1.77. The first kappa shape index (κ1) is 8.48. The molecule has 0 aliphatic carbocycles. The number of rotatable bonds is 0. The minimum Gasteiger partial charge on any atom is -0.285 e. The van der Waals surface area contributed by atoms with Crippen molar-refractivity contribution in [3.8, 4) is 11.8 Å². The van der Waals surface area contributed by atoms with Crippen LogP contribution in [0, 0.1) is 17.7 Å². The molecule has 0 spiro atoms. The summed E-state index contributed by atoms with van der Waals surface area (Å²) in [4.78, 5) is 10.4. The van der Waals surface area contributed by atoms with Crippen molar-refractivity contribution in [3.63, 3.8) is 0 Å². The number of carbonyl (C=O) groups excluding carboxylic acids is 1. The van der Waals surface area contributed by atoms with Crippen LogP contribution in [0.1, 0.15) is 12.5 Å². The first-order valence-electron chi connectivity index (χ1n) is 3.46. The Kier molecular flexibility index (Phi) is 2.60. The van der Waals surface area contributed by atoms with E-state index in [9.17, 15) is 9.18 Å². The summed E-state index contributed by atoms with van der Waals surface area (Å²) >= 11 is 0. The molecule has 0 N–H and O–H groups in total. The van der Waals surface area contributed by atoms with Crippen LogP contribution in [-0.2, 0) is 4.79 Å². The van der Waals surface area contributed by atoms with Crippen molar-refractivity contribution in [2.24, 2.45) is 0 Å². The van der Waals surface area contributed by atoms with Crippen LogP contribution in [-0.4, -0.2) is 5.78 Å². The Morgan fingerprint density at radius 3 is 2.42 bits per heavy atom. The Bertz CT molecular complexity index is 340. The second-order valence-corrected chi connectivity index (χ2v) is 2.31. The average molecular weight is 162 g/mol. The maximum atomic E-state index is 12.4. The quantitative estimate of drug-likeness (QED) is 0.531. The van der Waals surface area contributed by atoms with Crippen molar-refractivity contribution >= 4 is 5.78 Å². The molecule has 1 rings (SSSR count). The second-order valence-electron chi connectivity index (χ2n) is 2.31. The predicted molar refractivity (Wildman–Crippen MR) is 44.0 cm³/mol. The van der Waals surface area contributed by atoms with Gasteiger partial charge in [0.25, 0.3) is 0 Å². The van der Waals surface area contributed by atoms with Crippen LogP contribution in [0.5, 0.6) is 0 Å². The first-order valence-corrected chi connectivity index (χ1v) is 3.46. The zero-order valence-corrected chi connectivity index (χ0v) is 6.60. The molecule has 2 heteroatoms. The van der Waals surface area contributed by atoms with Gasteiger partial charge in [0.05, 0.1) is 0 Å². The van der Waals surface area contributed by atoms with E-state index in [0.717, 1.165) is 0 Å². The molecule has 60 valence electrons. The zero-order valence-electron chi connectivity index (χ0n) is 6.60. The average Bonchev–Trinajstić information content (AvgIpc) is 2.03. The van der Waals surface area contributed by atoms with Crippen LogP contribution >= 0.6 is 0 Å². The lowest BCUT2D eigenvalue weighted by Crippen LogP contribution is -1.82. The maximum absolute atomic E-state index is 12.4. The first-order chi connectivity index (χ1) is 5.68. The maximum Gasteiger partial charge on any atom is 0.202 e. The minimum absolute atomic E-state index is 0.195. The SMILES string of the molecule is CC(=O)C#Cc1ccc(F)cc1. The lowest BCUT2D eigenvalue weighted by Gasteiger charge is -1.87. The summed E-state index contributed by atoms with van der Waals surface area (Å²) in [5, 5.41) is 0. The van der Waals surface area contributed by atoms with Crippen LogP contribution in [0.25, 0.3) is 0 Å². The van der Waals surface area contributed by atoms with Gasteiger partial charge in [-0.3, -0.25) is 4.79 Å². The Morgan fingerprint density at radius 2 is 1.92 bits per heavy atom. The van der Waals surface area contributed by atoms with Gasteiger partial charge in [-0.2, -0.15) is 0 Å². The number of benzene rings is 1. The van der Waals surface area contributed by atoms with Crippen LogP contribution in [0.15, 0.2) is 24.3 Å². The number of carbonyl (C=O) groups is 1. The molecule has 0 heterocycles. The van der Waals surface area contributed by atoms with E-state index in [1.807, 2.05) is 0 Å². The monoisotopic (exact) mass is 162 g/mol. The molecule has 1 nitrogen and oxygen atoms in total. The number of hydrogen-bond acceptors (Lipinski definition) is 1. The highest BCUT2D eigenvalue weighted by molar-refractivity contribution is 5.93. The van der Waals surface area contributed by atoms with E-state index in [2.05, 4.69) is 11.8 Å². The topological polar surface area (TPSA) is 17.1 Å². The highest BCUT2D eigenvalue weighted by Gasteiger charge is 1.88. The minimum atomic E-state index is -0.302. The molecule has 12 heavy (non-hydrogen) atoms. The van der Waals surface area contributed by atoms with E-state index in [0.29, 0.717) is 5.56 Å². The fourth-order valence-electron chi connectivity index (χ4n) is 0.693. The third-order valence-electron chi connectivity index (χ3n) is 1.23. The van der Waals surface area contributed by atoms with Gasteiger partial charge in [-0.15, -0.1) is 0 Å². The van der Waals surface area contributed by atoms with Crippen molar-refractivity contribution < 1.29 is 9.18 Å². The summed E-state index contributed by atoms with van der Waals surface area (Å²) in [7, 11) is 0. The Hall–Kier alpha value is -1.62. The lowest BCUT2D eigenvalue weighted by molar-refractivity contribution is -0.111. The van der Waals surface area contributed by atoms with Crippen LogP contribution in [0.3, 0.4) is 0 Å². The Morgan fingerprint density at radius 1 is 1.33 bits per heavy atom. The molecular formula is C10H7FO. The smallest absolute Gasteiger partial charge is 0.202 e. The van der Waals surface area contributed by atoms with Gasteiger partial charge >= 0.3 is 0 Å². The van der Waals surface area contributed by atoms with Crippen molar-refractivity contribution in [2.75, 3.05) is 0 Å². The summed E-state index contributed by atoms with van der Waals surface area (Å²) in [5.74, 6) is 4.48. The number of Topliss-reactive ketones (excluding diaryl/α,β-unsaturated/α-hetero) is 1. The summed E-state index contributed by atoms with van der Waals surface area (Å²) in [6, 6.07) is 5.69. The van der Waals surface area contributed by atoms with Gasteiger partial charge in [-0.1, -0.05) is 5.92 Å². The Labute approximate surface area is 70.2 Å². The van der Waals surface area contributed by atoms with Crippen LogP contribution in [0.2, 0.25) is 0 Å². The summed E-state index contributed by atoms with van der Waals surface area (Å²) in [6.45, 7) is 1.39. The largest absolute Gasteiger partial charge is 0.285 e. The van der Waals surface area contributed by atoms with E-state index in [1.54, 1.807) is 0 Å². The van der Waals surface area contributed by atoms with Gasteiger partial charge in [0.15, 0.2) is 0 Å². The van der Waals surface area contributed by atoms with Gasteiger partial charge in [-0.25, -0.2) is 4.39 Å². The normalized spacial score (nSPS) is 8.50. The molecule has 0 aromatic heterocycles. The molecule has 0 fully saturated rings. The molecule has 0 atom stereocenters. The molecular weight excluding hydrogens is 155 g/mol. The van der Waals surface area contributed by atoms with E-state index in [-0.39, 0.29) is 11.6 Å². The van der Waals surface area contributed by atoms with Crippen molar-refractivity contribution in [3.05, 3.63) is 35.6 Å². The third kappa shape index (κ3) is 2.55. The van der Waals surface area contributed by atoms with Crippen LogP contribution < -0.4 is 0 Å². The molecule has 0 saturated heterocycles. The molecule has 0 amide bonds. The number of ketones is 1. The molecule has 1 aromatic carbocycles. The van der Waals surface area contributed by atoms with E-state index < -0.39 is 0 Å². The number of halogens is 1. The van der Waals surface area contributed by atoms with Crippen molar-refractivity contribution in [1.29, 1.82) is 0 Å². The molecule has 0 saturated carbocycles. The van der Waals surface area contributed by atoms with E-state index in [4.69, 9.17) is 0 Å². The van der Waals surface area contributed by atoms with Gasteiger partial charge in [0, 0.05) is 12.5 Å². The summed E-state index contributed by atoms with van der Waals surface area (Å²) in [6.07, 6.45) is 0. The number of hydrogen-bond donors (Lipinski definition) is 0. The third-order valence-corrected chi connectivity index (χ3v) is 1.23. The Balaban J connectivity index is 2.86. The van der Waals surface area contributed by atoms with Gasteiger partial charge < -0.3 is 0 Å². The standard InChI is InChI=1S/C10H7FO/c1-8(12)2-3-9-4-6-10(11)7-5-9/h4-7H,1H3. The fourth-order valence-corrected chi connectivity index (χ4v) is 0.693. The van der Waals surface area contributed by atoms with Crippen molar-refractivity contribution in [2.45, 2.75) is 6.92 Å². The van der Waals surface area contributed by atoms with Gasteiger partial charge in [0.2, 0.25) is 5.78 Å². The summed E-state index contributed by atoms with van der Waals surface area (Å²) in [5.41, 5.74) is 0.645. The summed E-state index contributed by atoms with van der Waals surface area (Å²) < 4.78 is 12.4. The van der Waals surface area contributed by atoms with Crippen molar-refractivity contribution in [1.82, 2.24) is 0 Å². The molecule has 0 aliphatic heterocycles. The second kappa shape index (κ2) is 3.68. The fraction of sp³-hybridized carbons (Fsp3) is 0.100. The lowest BCUT2D eigenvalue weighted by atomic mass is 10.2. The van der Waals surface area contributed by atoms with E-state index in [1.165, 1.54) is 31.2 Å². The molecule has 0 unspecified atom stereocenters. The molecule has 0 radical (unpaired) electrons. The van der Waals surface area contributed by atoms with Gasteiger partial charge in [-0.05, 0) is 30.2 Å². The highest BCUT2D eigenvalue weighted by Crippen LogP contribution is 2.00. The zero-order chi connectivity index (χ0) is 8.97. The van der Waals surface area contributed by atoms with Crippen LogP contribution in [0.4, 0.5) is 4.39 Å². The highest BCUT2D eigenvalue weighted by atomic mass is 19.1. The van der Waals surface area contributed by atoms with E-state index >= 15 is 0 Å².